The molecule has 0 saturated heterocycles. The van der Waals surface area contributed by atoms with E-state index in [1.807, 2.05) is 0 Å². The predicted molar refractivity (Wildman–Crippen MR) is 405 cm³/mol. The Morgan fingerprint density at radius 2 is 0.653 bits per heavy atom. The lowest BCUT2D eigenvalue weighted by Gasteiger charge is -2.47. The lowest BCUT2D eigenvalue weighted by Crippen LogP contribution is -2.61. The van der Waals surface area contributed by atoms with Crippen LogP contribution in [0.1, 0.15) is 79.0 Å². The van der Waals surface area contributed by atoms with E-state index in [1.165, 1.54) is 77.1 Å². The number of hydrogen-bond acceptors (Lipinski definition) is 3. The van der Waals surface area contributed by atoms with E-state index in [4.69, 9.17) is 4.42 Å². The van der Waals surface area contributed by atoms with Gasteiger partial charge in [0.1, 0.15) is 11.2 Å². The molecule has 17 rings (SSSR count). The molecule has 0 atom stereocenters. The van der Waals surface area contributed by atoms with Gasteiger partial charge in [-0.1, -0.05) is 263 Å². The zero-order valence-electron chi connectivity index (χ0n) is 55.5. The smallest absolute Gasteiger partial charge is 0.252 e. The number of aromatic nitrogens is 1. The van der Waals surface area contributed by atoms with Crippen molar-refractivity contribution in [2.75, 3.05) is 9.80 Å². The molecule has 458 valence electrons. The Labute approximate surface area is 558 Å². The Kier molecular flexibility index (Phi) is 13.3. The lowest BCUT2D eigenvalue weighted by molar-refractivity contribution is 0.590. The van der Waals surface area contributed by atoms with Gasteiger partial charge in [-0.2, -0.15) is 0 Å². The van der Waals surface area contributed by atoms with E-state index in [1.54, 1.807) is 0 Å². The van der Waals surface area contributed by atoms with E-state index in [-0.39, 0.29) is 23.0 Å². The minimum atomic E-state index is -0.310. The van der Waals surface area contributed by atoms with Gasteiger partial charge in [0, 0.05) is 72.2 Å². The van der Waals surface area contributed by atoms with Crippen LogP contribution in [-0.4, -0.2) is 11.3 Å². The number of anilines is 6. The second-order valence-electron chi connectivity index (χ2n) is 29.3. The number of fused-ring (bicyclic) bond motifs is 10. The van der Waals surface area contributed by atoms with E-state index in [9.17, 15) is 0 Å². The Bertz CT molecular complexity index is 5370. The molecule has 0 aliphatic carbocycles. The van der Waals surface area contributed by atoms with Gasteiger partial charge in [-0.3, -0.25) is 0 Å². The van der Waals surface area contributed by atoms with Crippen molar-refractivity contribution in [2.24, 2.45) is 0 Å². The lowest BCUT2D eigenvalue weighted by atomic mass is 9.33. The van der Waals surface area contributed by atoms with Crippen molar-refractivity contribution < 1.29 is 4.42 Å². The molecule has 0 bridgehead atoms. The van der Waals surface area contributed by atoms with E-state index in [2.05, 4.69) is 362 Å². The molecule has 0 spiro atoms. The molecule has 0 saturated carbocycles. The van der Waals surface area contributed by atoms with Crippen molar-refractivity contribution in [3.63, 3.8) is 0 Å². The topological polar surface area (TPSA) is 24.6 Å². The highest BCUT2D eigenvalue weighted by Crippen LogP contribution is 2.56. The van der Waals surface area contributed by atoms with Crippen LogP contribution in [0.3, 0.4) is 0 Å². The third-order valence-electron chi connectivity index (χ3n) is 20.2. The summed E-state index contributed by atoms with van der Waals surface area (Å²) in [6, 6.07) is 108. The fraction of sp³-hybridized carbons (Fsp3) is 0.133. The van der Waals surface area contributed by atoms with E-state index >= 15 is 0 Å². The zero-order valence-corrected chi connectivity index (χ0v) is 55.5. The molecule has 13 aromatic carbocycles. The molecule has 95 heavy (non-hydrogen) atoms. The molecule has 2 aliphatic rings. The van der Waals surface area contributed by atoms with Crippen LogP contribution in [0.15, 0.2) is 290 Å². The summed E-state index contributed by atoms with van der Waals surface area (Å²) in [6.07, 6.45) is 0. The Morgan fingerprint density at radius 3 is 1.12 bits per heavy atom. The molecule has 0 unspecified atom stereocenters. The average molecular weight is 1220 g/mol. The van der Waals surface area contributed by atoms with Crippen LogP contribution in [-0.2, 0) is 16.2 Å². The maximum absolute atomic E-state index is 6.50. The van der Waals surface area contributed by atoms with Crippen molar-refractivity contribution in [3.8, 4) is 61.3 Å². The van der Waals surface area contributed by atoms with Crippen molar-refractivity contribution in [3.05, 3.63) is 302 Å². The molecule has 0 amide bonds. The maximum Gasteiger partial charge on any atom is 0.252 e. The Balaban J connectivity index is 1.06. The van der Waals surface area contributed by atoms with Gasteiger partial charge in [0.15, 0.2) is 0 Å². The molecular formula is C90H74BN3O. The first-order chi connectivity index (χ1) is 46.0. The predicted octanol–water partition coefficient (Wildman–Crippen LogP) is 23.0. The van der Waals surface area contributed by atoms with Gasteiger partial charge in [-0.05, 0) is 168 Å². The summed E-state index contributed by atoms with van der Waals surface area (Å²) in [6.45, 7) is 21.1. The van der Waals surface area contributed by atoms with Crippen LogP contribution in [0.5, 0.6) is 0 Å². The van der Waals surface area contributed by atoms with E-state index in [0.717, 1.165) is 95.1 Å². The quantitative estimate of drug-likeness (QED) is 0.142. The van der Waals surface area contributed by atoms with E-state index < -0.39 is 0 Å². The highest BCUT2D eigenvalue weighted by molar-refractivity contribution is 7.00. The molecule has 0 radical (unpaired) electrons. The molecule has 4 nitrogen and oxygen atoms in total. The van der Waals surface area contributed by atoms with Gasteiger partial charge in [-0.15, -0.1) is 0 Å². The fourth-order valence-corrected chi connectivity index (χ4v) is 15.3. The SMILES string of the molecule is CC(C)(C)c1cc(-c2ccccc2)c(N2c3cc(-c4ccc5oc6ccccc6c5c4)ccc3B3c4ccc(-n5c6ccccc6c6ccccc65)cc4N(c4c(-c5ccccc5)cc(C(C)(C)C)cc4-c4ccccc4)c4cc(C(C)(C)C)cc2c43)c(-c2ccccc2)c1. The monoisotopic (exact) mass is 1220 g/mol. The van der Waals surface area contributed by atoms with Gasteiger partial charge in [0.25, 0.3) is 6.71 Å². The summed E-state index contributed by atoms with van der Waals surface area (Å²) < 4.78 is 8.99. The van der Waals surface area contributed by atoms with Gasteiger partial charge in [0.05, 0.1) is 22.4 Å². The number of hydrogen-bond donors (Lipinski definition) is 0. The van der Waals surface area contributed by atoms with Crippen LogP contribution in [0.4, 0.5) is 34.1 Å². The van der Waals surface area contributed by atoms with Gasteiger partial charge in [0.2, 0.25) is 0 Å². The third-order valence-corrected chi connectivity index (χ3v) is 20.2. The second kappa shape index (κ2) is 21.9. The molecule has 15 aromatic rings. The van der Waals surface area contributed by atoms with Gasteiger partial charge >= 0.3 is 0 Å². The van der Waals surface area contributed by atoms with Crippen LogP contribution in [0.2, 0.25) is 0 Å². The number of furan rings is 1. The molecule has 0 fully saturated rings. The number of para-hydroxylation sites is 3. The summed E-state index contributed by atoms with van der Waals surface area (Å²) >= 11 is 0. The number of nitrogens with zero attached hydrogens (tertiary/aromatic N) is 3. The minimum Gasteiger partial charge on any atom is -0.456 e. The molecule has 2 aliphatic heterocycles. The first-order valence-corrected chi connectivity index (χ1v) is 33.6. The van der Waals surface area contributed by atoms with Crippen LogP contribution in [0.25, 0.3) is 105 Å². The van der Waals surface area contributed by atoms with Crippen molar-refractivity contribution >= 4 is 101 Å². The summed E-state index contributed by atoms with van der Waals surface area (Å²) in [5, 5.41) is 4.68. The summed E-state index contributed by atoms with van der Waals surface area (Å²) in [4.78, 5) is 5.43. The van der Waals surface area contributed by atoms with Crippen LogP contribution >= 0.6 is 0 Å². The largest absolute Gasteiger partial charge is 0.456 e. The molecule has 4 heterocycles. The highest BCUT2D eigenvalue weighted by atomic mass is 16.3. The second-order valence-corrected chi connectivity index (χ2v) is 29.3. The Morgan fingerprint density at radius 1 is 0.284 bits per heavy atom. The van der Waals surface area contributed by atoms with Gasteiger partial charge < -0.3 is 18.8 Å². The number of rotatable bonds is 8. The van der Waals surface area contributed by atoms with Crippen molar-refractivity contribution in [2.45, 2.75) is 78.6 Å². The maximum atomic E-state index is 6.50. The van der Waals surface area contributed by atoms with Crippen molar-refractivity contribution in [1.29, 1.82) is 0 Å². The summed E-state index contributed by atoms with van der Waals surface area (Å²) in [7, 11) is 0. The summed E-state index contributed by atoms with van der Waals surface area (Å²) in [5.41, 5.74) is 30.5. The fourth-order valence-electron chi connectivity index (χ4n) is 15.3. The normalized spacial score (nSPS) is 13.0. The van der Waals surface area contributed by atoms with E-state index in [0.29, 0.717) is 0 Å². The van der Waals surface area contributed by atoms with Crippen molar-refractivity contribution in [1.82, 2.24) is 4.57 Å². The zero-order chi connectivity index (χ0) is 64.6. The third kappa shape index (κ3) is 9.57. The number of benzene rings is 13. The van der Waals surface area contributed by atoms with Crippen LogP contribution < -0.4 is 26.2 Å². The Hall–Kier alpha value is -10.9. The summed E-state index contributed by atoms with van der Waals surface area (Å²) in [5.74, 6) is 0. The molecule has 5 heteroatoms. The van der Waals surface area contributed by atoms with Gasteiger partial charge in [-0.25, -0.2) is 0 Å². The van der Waals surface area contributed by atoms with Crippen LogP contribution in [0, 0.1) is 0 Å². The highest BCUT2D eigenvalue weighted by Gasteiger charge is 2.46. The average Bonchev–Trinajstić information content (AvgIpc) is 1.06. The first-order valence-electron chi connectivity index (χ1n) is 33.6. The molecule has 0 N–H and O–H groups in total. The molecular weight excluding hydrogens is 1150 g/mol. The molecule has 2 aromatic heterocycles. The minimum absolute atomic E-state index is 0.178. The standard InChI is InChI=1S/C90H74BN3O/c1-88(2,3)63-50-70(57-28-14-10-15-29-57)86(71(51-63)58-30-16-11-17-31-58)93-79-49-62(61-43-47-84-74(48-61)69-38-24-27-41-83(69)95-84)42-45-75(79)91-76-46-44-66(92-77-39-25-22-36-67(77)68-37-23-26-40-78(68)92)56-80(76)94(82-55-65(90(7,8)9)54-81(93)85(82)91)87-72(59-32-18-12-19-33-59)52-64(89(4,5)6)53-73(87)60-34-20-13-21-35-60/h10-56H,1-9H3. The first kappa shape index (κ1) is 58.0.